The number of nitrogens with zero attached hydrogens (tertiary/aromatic N) is 7. The maximum absolute atomic E-state index is 7.19. The number of hydrogen-bond acceptors (Lipinski definition) is 5. The molecule has 4 aliphatic heterocycles. The molecule has 4 aliphatic rings. The van der Waals surface area contributed by atoms with Crippen LogP contribution in [0.3, 0.4) is 0 Å². The molecular formula is C72H54BN7OSi. The van der Waals surface area contributed by atoms with Crippen molar-refractivity contribution >= 4 is 126 Å². The molecule has 17 rings (SSSR count). The first-order valence-electron chi connectivity index (χ1n) is 28.4. The van der Waals surface area contributed by atoms with E-state index in [1.807, 2.05) is 6.20 Å². The molecule has 10 aromatic carbocycles. The van der Waals surface area contributed by atoms with Gasteiger partial charge in [-0.25, -0.2) is 4.98 Å². The van der Waals surface area contributed by atoms with E-state index in [-0.39, 0.29) is 12.1 Å². The lowest BCUT2D eigenvalue weighted by molar-refractivity contribution is -0.572. The molecule has 0 saturated heterocycles. The zero-order valence-electron chi connectivity index (χ0n) is 46.1. The van der Waals surface area contributed by atoms with Crippen LogP contribution in [0.4, 0.5) is 51.2 Å². The fraction of sp³-hybridized carbons (Fsp3) is 0.0833. The number of hydrogen-bond donors (Lipinski definition) is 0. The Hall–Kier alpha value is -9.90. The highest BCUT2D eigenvalue weighted by Crippen LogP contribution is 2.54. The summed E-state index contributed by atoms with van der Waals surface area (Å²) in [5.41, 5.74) is 21.9. The number of imidazole rings is 1. The van der Waals surface area contributed by atoms with Crippen molar-refractivity contribution in [2.75, 3.05) is 14.7 Å². The number of pyridine rings is 1. The van der Waals surface area contributed by atoms with Crippen LogP contribution in [0.25, 0.3) is 50.0 Å². The van der Waals surface area contributed by atoms with E-state index in [0.29, 0.717) is 0 Å². The van der Waals surface area contributed by atoms with Crippen LogP contribution in [0.2, 0.25) is 13.1 Å². The van der Waals surface area contributed by atoms with E-state index in [1.54, 1.807) is 0 Å². The second-order valence-electron chi connectivity index (χ2n) is 23.8. The molecule has 82 heavy (non-hydrogen) atoms. The van der Waals surface area contributed by atoms with Crippen LogP contribution in [-0.2, 0) is 5.41 Å². The highest BCUT2D eigenvalue weighted by molar-refractivity contribution is 7.03. The van der Waals surface area contributed by atoms with Gasteiger partial charge in [0.25, 0.3) is 13.0 Å². The molecule has 10 heteroatoms. The van der Waals surface area contributed by atoms with Gasteiger partial charge in [-0.05, 0) is 153 Å². The summed E-state index contributed by atoms with van der Waals surface area (Å²) in [7, 11) is -2.15. The van der Waals surface area contributed by atoms with E-state index in [9.17, 15) is 0 Å². The van der Waals surface area contributed by atoms with Crippen molar-refractivity contribution in [3.8, 4) is 28.7 Å². The minimum absolute atomic E-state index is 0.0833. The monoisotopic (exact) mass is 1070 g/mol. The minimum atomic E-state index is -2.15. The molecule has 390 valence electrons. The predicted octanol–water partition coefficient (Wildman–Crippen LogP) is 14.3. The van der Waals surface area contributed by atoms with E-state index in [2.05, 4.69) is 299 Å². The summed E-state index contributed by atoms with van der Waals surface area (Å²) in [4.78, 5) is 12.9. The zero-order valence-corrected chi connectivity index (χ0v) is 47.1. The molecule has 0 fully saturated rings. The van der Waals surface area contributed by atoms with E-state index < -0.39 is 8.07 Å². The summed E-state index contributed by atoms with van der Waals surface area (Å²) in [6.45, 7) is 11.7. The average molecular weight is 1070 g/mol. The van der Waals surface area contributed by atoms with Crippen molar-refractivity contribution in [1.82, 2.24) is 14.1 Å². The molecule has 0 bridgehead atoms. The van der Waals surface area contributed by atoms with Gasteiger partial charge in [0.05, 0.1) is 39.1 Å². The molecule has 0 atom stereocenters. The van der Waals surface area contributed by atoms with E-state index >= 15 is 0 Å². The molecule has 0 aliphatic carbocycles. The van der Waals surface area contributed by atoms with E-state index in [4.69, 9.17) is 9.72 Å². The third-order valence-corrected chi connectivity index (χ3v) is 21.3. The van der Waals surface area contributed by atoms with Gasteiger partial charge in [-0.3, -0.25) is 13.7 Å². The first-order chi connectivity index (χ1) is 40.1. The first kappa shape index (κ1) is 47.0. The van der Waals surface area contributed by atoms with Crippen molar-refractivity contribution in [2.24, 2.45) is 0 Å². The lowest BCUT2D eigenvalue weighted by Gasteiger charge is -2.49. The molecule has 8 nitrogen and oxygen atoms in total. The van der Waals surface area contributed by atoms with Gasteiger partial charge in [-0.15, -0.1) is 0 Å². The molecule has 0 N–H and O–H groups in total. The Balaban J connectivity index is 0.939. The second kappa shape index (κ2) is 17.1. The van der Waals surface area contributed by atoms with Gasteiger partial charge in [0.1, 0.15) is 25.4 Å². The van der Waals surface area contributed by atoms with Gasteiger partial charge in [0.2, 0.25) is 0 Å². The van der Waals surface area contributed by atoms with Crippen LogP contribution >= 0.6 is 0 Å². The fourth-order valence-electron chi connectivity index (χ4n) is 14.2. The molecule has 7 heterocycles. The van der Waals surface area contributed by atoms with Gasteiger partial charge in [0, 0.05) is 68.5 Å². The van der Waals surface area contributed by atoms with Crippen LogP contribution < -0.4 is 50.8 Å². The van der Waals surface area contributed by atoms with Gasteiger partial charge in [0.15, 0.2) is 0 Å². The Morgan fingerprint density at radius 1 is 0.500 bits per heavy atom. The van der Waals surface area contributed by atoms with E-state index in [0.717, 1.165) is 90.1 Å². The largest absolute Gasteiger partial charge is 0.458 e. The second-order valence-corrected chi connectivity index (χ2v) is 28.1. The number of rotatable bonds is 7. The first-order valence-corrected chi connectivity index (χ1v) is 31.4. The maximum atomic E-state index is 7.19. The summed E-state index contributed by atoms with van der Waals surface area (Å²) in [5, 5.41) is 5.02. The molecule has 13 aromatic rings. The normalized spacial score (nSPS) is 14.2. The van der Waals surface area contributed by atoms with Gasteiger partial charge in [-0.2, -0.15) is 0 Å². The molecule has 0 radical (unpaired) electrons. The number of para-hydroxylation sites is 5. The predicted molar refractivity (Wildman–Crippen MR) is 340 cm³/mol. The Labute approximate surface area is 477 Å². The maximum Gasteiger partial charge on any atom is 0.269 e. The van der Waals surface area contributed by atoms with Crippen LogP contribution in [0, 0.1) is 6.33 Å². The molecular weight excluding hydrogens is 1020 g/mol. The SMILES string of the molecule is CC(C)(C)c1ccnc(-n2c3cc(Oc4ccc5c(c4)-n4[c-][n+](-c6ccccc6)c6cccc(c64)[Si]5(C)C)ccc3c3c4c5c(cc32)N(c2ccccc2)c2cccc3c2B5c2c(cccc2N4c2ccccc2)N3c2ccccc2)c1. The standard InChI is InChI=1S/C72H54BN7OSi/c1-72(2,3)46-39-40-74-65(41-46)80-59-42-51(81-52-36-38-63-60(43-52)76-45-75(47-21-10-6-11-22-47)58-33-20-34-64(70(58)76)82(63,4)5)35-37-53(59)66-61(80)44-62-69-71(66)79(50-27-16-9-17-28-50)57-32-19-30-55-68(57)73(69)67-54(77(55)48-23-12-7-13-24-48)29-18-31-56(67)78(62)49-25-14-8-15-26-49/h6-44H,1-5H3. The fourth-order valence-corrected chi connectivity index (χ4v) is 17.1. The van der Waals surface area contributed by atoms with Crippen molar-refractivity contribution in [3.05, 3.63) is 249 Å². The van der Waals surface area contributed by atoms with Crippen molar-refractivity contribution in [1.29, 1.82) is 0 Å². The van der Waals surface area contributed by atoms with E-state index in [1.165, 1.54) is 54.9 Å². The van der Waals surface area contributed by atoms with Gasteiger partial charge < -0.3 is 19.4 Å². The van der Waals surface area contributed by atoms with Crippen molar-refractivity contribution < 1.29 is 9.30 Å². The third kappa shape index (κ3) is 6.55. The van der Waals surface area contributed by atoms with Crippen LogP contribution in [0.15, 0.2) is 237 Å². The summed E-state index contributed by atoms with van der Waals surface area (Å²) >= 11 is 0. The Morgan fingerprint density at radius 3 is 1.72 bits per heavy atom. The van der Waals surface area contributed by atoms with Crippen LogP contribution in [0.5, 0.6) is 11.5 Å². The molecule has 0 saturated carbocycles. The highest BCUT2D eigenvalue weighted by atomic mass is 28.3. The van der Waals surface area contributed by atoms with Gasteiger partial charge in [-0.1, -0.05) is 143 Å². The average Bonchev–Trinajstić information content (AvgIpc) is 2.06. The third-order valence-electron chi connectivity index (χ3n) is 17.8. The lowest BCUT2D eigenvalue weighted by atomic mass is 9.31. The van der Waals surface area contributed by atoms with Crippen molar-refractivity contribution in [3.63, 3.8) is 0 Å². The number of anilines is 9. The summed E-state index contributed by atoms with van der Waals surface area (Å²) in [6.07, 6.45) is 5.77. The summed E-state index contributed by atoms with van der Waals surface area (Å²) < 4.78 is 14.1. The lowest BCUT2D eigenvalue weighted by Crippen LogP contribution is -2.64. The summed E-state index contributed by atoms with van der Waals surface area (Å²) in [5.74, 6) is 2.35. The Kier molecular flexibility index (Phi) is 9.77. The molecule has 0 amide bonds. The number of benzene rings is 10. The van der Waals surface area contributed by atoms with Crippen LogP contribution in [0.1, 0.15) is 26.3 Å². The quantitative estimate of drug-likeness (QED) is 0.0904. The Morgan fingerprint density at radius 2 is 1.07 bits per heavy atom. The van der Waals surface area contributed by atoms with Gasteiger partial charge >= 0.3 is 0 Å². The zero-order chi connectivity index (χ0) is 54.8. The molecule has 0 spiro atoms. The van der Waals surface area contributed by atoms with Crippen molar-refractivity contribution in [2.45, 2.75) is 39.3 Å². The smallest absolute Gasteiger partial charge is 0.269 e. The summed E-state index contributed by atoms with van der Waals surface area (Å²) in [6, 6.07) is 84.2. The molecule has 3 aromatic heterocycles. The number of fused-ring (bicyclic) bond motifs is 6. The van der Waals surface area contributed by atoms with Crippen LogP contribution in [-0.4, -0.2) is 28.9 Å². The topological polar surface area (TPSA) is 45.6 Å². The Bertz CT molecular complexity index is 4800. The molecule has 0 unspecified atom stereocenters. The number of aromatic nitrogens is 4. The minimum Gasteiger partial charge on any atom is -0.458 e. The highest BCUT2D eigenvalue weighted by Gasteiger charge is 2.50. The number of ether oxygens (including phenoxy) is 1.